The molecule has 1 aromatic heterocycles. The molecule has 96 valence electrons. The molecule has 17 heavy (non-hydrogen) atoms. The minimum atomic E-state index is 0.375. The molecule has 1 aliphatic heterocycles. The van der Waals surface area contributed by atoms with E-state index in [4.69, 9.17) is 4.74 Å². The summed E-state index contributed by atoms with van der Waals surface area (Å²) in [5, 5.41) is 11.4. The van der Waals surface area contributed by atoms with E-state index in [1.54, 1.807) is 6.33 Å². The fourth-order valence-corrected chi connectivity index (χ4v) is 2.09. The number of ether oxygens (including phenoxy) is 1. The summed E-state index contributed by atoms with van der Waals surface area (Å²) >= 11 is 0. The van der Waals surface area contributed by atoms with Crippen LogP contribution in [0.2, 0.25) is 0 Å². The van der Waals surface area contributed by atoms with Crippen molar-refractivity contribution >= 4 is 0 Å². The van der Waals surface area contributed by atoms with Crippen molar-refractivity contribution in [3.63, 3.8) is 0 Å². The first-order valence-electron chi connectivity index (χ1n) is 6.44. The van der Waals surface area contributed by atoms with Crippen LogP contribution in [-0.4, -0.2) is 34.0 Å². The summed E-state index contributed by atoms with van der Waals surface area (Å²) in [5.41, 5.74) is 0. The molecule has 0 saturated carbocycles. The van der Waals surface area contributed by atoms with Crippen molar-refractivity contribution < 1.29 is 4.74 Å². The first kappa shape index (κ1) is 12.5. The standard InChI is InChI=1S/C12H22N4O/c1-10(2)7-16-9-14-15-12(16)8-17-11-3-5-13-6-4-11/h9-11,13H,3-8H2,1-2H3. The normalized spacial score (nSPS) is 17.8. The topological polar surface area (TPSA) is 52.0 Å². The fourth-order valence-electron chi connectivity index (χ4n) is 2.09. The van der Waals surface area contributed by atoms with Crippen molar-refractivity contribution in [1.82, 2.24) is 20.1 Å². The smallest absolute Gasteiger partial charge is 0.158 e. The Balaban J connectivity index is 1.83. The van der Waals surface area contributed by atoms with E-state index in [1.165, 1.54) is 0 Å². The van der Waals surface area contributed by atoms with Gasteiger partial charge in [0.1, 0.15) is 12.9 Å². The molecule has 1 aromatic rings. The summed E-state index contributed by atoms with van der Waals surface area (Å²) in [6, 6.07) is 0. The minimum absolute atomic E-state index is 0.375. The Bertz CT molecular complexity index is 331. The maximum atomic E-state index is 5.89. The van der Waals surface area contributed by atoms with Gasteiger partial charge in [0, 0.05) is 6.54 Å². The first-order chi connectivity index (χ1) is 8.25. The average Bonchev–Trinajstić information content (AvgIpc) is 2.74. The van der Waals surface area contributed by atoms with Gasteiger partial charge in [0.15, 0.2) is 5.82 Å². The van der Waals surface area contributed by atoms with Crippen molar-refractivity contribution in [3.05, 3.63) is 12.2 Å². The van der Waals surface area contributed by atoms with Gasteiger partial charge in [-0.15, -0.1) is 10.2 Å². The molecule has 0 radical (unpaired) electrons. The molecular formula is C12H22N4O. The molecule has 0 aromatic carbocycles. The van der Waals surface area contributed by atoms with Crippen LogP contribution in [0.15, 0.2) is 6.33 Å². The van der Waals surface area contributed by atoms with Crippen molar-refractivity contribution in [2.24, 2.45) is 5.92 Å². The molecule has 0 unspecified atom stereocenters. The molecule has 5 heteroatoms. The van der Waals surface area contributed by atoms with Crippen LogP contribution in [0.4, 0.5) is 0 Å². The van der Waals surface area contributed by atoms with Gasteiger partial charge < -0.3 is 14.6 Å². The van der Waals surface area contributed by atoms with Gasteiger partial charge in [0.2, 0.25) is 0 Å². The molecular weight excluding hydrogens is 216 g/mol. The van der Waals surface area contributed by atoms with Gasteiger partial charge in [-0.25, -0.2) is 0 Å². The van der Waals surface area contributed by atoms with E-state index in [9.17, 15) is 0 Å². The van der Waals surface area contributed by atoms with Crippen LogP contribution >= 0.6 is 0 Å². The Labute approximate surface area is 103 Å². The third-order valence-corrected chi connectivity index (χ3v) is 2.99. The van der Waals surface area contributed by atoms with Gasteiger partial charge in [0.25, 0.3) is 0 Å². The van der Waals surface area contributed by atoms with Crippen LogP contribution in [0.3, 0.4) is 0 Å². The molecule has 1 fully saturated rings. The molecule has 0 bridgehead atoms. The molecule has 2 rings (SSSR count). The maximum absolute atomic E-state index is 5.89. The van der Waals surface area contributed by atoms with E-state index in [0.29, 0.717) is 18.6 Å². The molecule has 5 nitrogen and oxygen atoms in total. The highest BCUT2D eigenvalue weighted by Gasteiger charge is 2.15. The van der Waals surface area contributed by atoms with Crippen LogP contribution in [0.25, 0.3) is 0 Å². The predicted octanol–water partition coefficient (Wildman–Crippen LogP) is 1.20. The monoisotopic (exact) mass is 238 g/mol. The number of nitrogens with zero attached hydrogens (tertiary/aromatic N) is 3. The average molecular weight is 238 g/mol. The summed E-state index contributed by atoms with van der Waals surface area (Å²) in [4.78, 5) is 0. The maximum Gasteiger partial charge on any atom is 0.158 e. The van der Waals surface area contributed by atoms with Crippen molar-refractivity contribution in [3.8, 4) is 0 Å². The van der Waals surface area contributed by atoms with E-state index in [1.807, 2.05) is 0 Å². The van der Waals surface area contributed by atoms with Gasteiger partial charge in [-0.2, -0.15) is 0 Å². The molecule has 1 N–H and O–H groups in total. The molecule has 0 spiro atoms. The highest BCUT2D eigenvalue weighted by molar-refractivity contribution is 4.84. The molecule has 2 heterocycles. The molecule has 1 aliphatic rings. The lowest BCUT2D eigenvalue weighted by Gasteiger charge is -2.22. The number of piperidine rings is 1. The quantitative estimate of drug-likeness (QED) is 0.837. The molecule has 0 amide bonds. The highest BCUT2D eigenvalue weighted by atomic mass is 16.5. The van der Waals surface area contributed by atoms with Gasteiger partial charge in [-0.1, -0.05) is 13.8 Å². The zero-order valence-electron chi connectivity index (χ0n) is 10.7. The van der Waals surface area contributed by atoms with Crippen LogP contribution in [0.5, 0.6) is 0 Å². The molecule has 0 aliphatic carbocycles. The summed E-state index contributed by atoms with van der Waals surface area (Å²) < 4.78 is 7.98. The van der Waals surface area contributed by atoms with Gasteiger partial charge in [-0.05, 0) is 31.8 Å². The summed E-state index contributed by atoms with van der Waals surface area (Å²) in [6.45, 7) is 8.04. The van der Waals surface area contributed by atoms with Crippen molar-refractivity contribution in [1.29, 1.82) is 0 Å². The van der Waals surface area contributed by atoms with Gasteiger partial charge in [-0.3, -0.25) is 0 Å². The summed E-state index contributed by atoms with van der Waals surface area (Å²) in [7, 11) is 0. The van der Waals surface area contributed by atoms with Crippen LogP contribution in [0, 0.1) is 5.92 Å². The largest absolute Gasteiger partial charge is 0.370 e. The number of aromatic nitrogens is 3. The summed E-state index contributed by atoms with van der Waals surface area (Å²) in [5.74, 6) is 1.54. The number of nitrogens with one attached hydrogen (secondary N) is 1. The Morgan fingerprint density at radius 2 is 2.24 bits per heavy atom. The second-order valence-electron chi connectivity index (χ2n) is 5.05. The van der Waals surface area contributed by atoms with Gasteiger partial charge >= 0.3 is 0 Å². The highest BCUT2D eigenvalue weighted by Crippen LogP contribution is 2.10. The van der Waals surface area contributed by atoms with E-state index >= 15 is 0 Å². The summed E-state index contributed by atoms with van der Waals surface area (Å²) in [6.07, 6.45) is 4.36. The fraction of sp³-hybridized carbons (Fsp3) is 0.833. The van der Waals surface area contributed by atoms with Gasteiger partial charge in [0.05, 0.1) is 6.10 Å². The SMILES string of the molecule is CC(C)Cn1cnnc1COC1CCNCC1. The number of hydrogen-bond acceptors (Lipinski definition) is 4. The second-order valence-corrected chi connectivity index (χ2v) is 5.05. The zero-order valence-corrected chi connectivity index (χ0v) is 10.7. The third-order valence-electron chi connectivity index (χ3n) is 2.99. The lowest BCUT2D eigenvalue weighted by atomic mass is 10.1. The third kappa shape index (κ3) is 3.78. The van der Waals surface area contributed by atoms with Crippen LogP contribution in [0.1, 0.15) is 32.5 Å². The van der Waals surface area contributed by atoms with Crippen molar-refractivity contribution in [2.45, 2.75) is 45.9 Å². The predicted molar refractivity (Wildman–Crippen MR) is 65.5 cm³/mol. The number of hydrogen-bond donors (Lipinski definition) is 1. The van der Waals surface area contributed by atoms with Crippen molar-refractivity contribution in [2.75, 3.05) is 13.1 Å². The van der Waals surface area contributed by atoms with Crippen LogP contribution < -0.4 is 5.32 Å². The lowest BCUT2D eigenvalue weighted by molar-refractivity contribution is 0.0161. The molecule has 0 atom stereocenters. The lowest BCUT2D eigenvalue weighted by Crippen LogP contribution is -2.32. The Morgan fingerprint density at radius 3 is 2.94 bits per heavy atom. The Morgan fingerprint density at radius 1 is 1.47 bits per heavy atom. The number of rotatable bonds is 5. The van der Waals surface area contributed by atoms with E-state index in [-0.39, 0.29) is 0 Å². The first-order valence-corrected chi connectivity index (χ1v) is 6.44. The second kappa shape index (κ2) is 6.12. The Kier molecular flexibility index (Phi) is 4.50. The minimum Gasteiger partial charge on any atom is -0.370 e. The van der Waals surface area contributed by atoms with Crippen LogP contribution in [-0.2, 0) is 17.9 Å². The van der Waals surface area contributed by atoms with E-state index in [0.717, 1.165) is 38.3 Å². The molecule has 1 saturated heterocycles. The van der Waals surface area contributed by atoms with E-state index in [2.05, 4.69) is 33.9 Å². The Hall–Kier alpha value is -0.940. The zero-order chi connectivity index (χ0) is 12.1. The van der Waals surface area contributed by atoms with E-state index < -0.39 is 0 Å².